The molecule has 0 aliphatic carbocycles. The quantitative estimate of drug-likeness (QED) is 0.767. The van der Waals surface area contributed by atoms with Crippen LogP contribution in [0, 0.1) is 6.92 Å². The smallest absolute Gasteiger partial charge is 0.255 e. The van der Waals surface area contributed by atoms with Crippen LogP contribution in [-0.2, 0) is 0 Å². The summed E-state index contributed by atoms with van der Waals surface area (Å²) >= 11 is 0. The van der Waals surface area contributed by atoms with Gasteiger partial charge in [0.2, 0.25) is 6.79 Å². The zero-order valence-electron chi connectivity index (χ0n) is 13.8. The zero-order valence-corrected chi connectivity index (χ0v) is 13.8. The summed E-state index contributed by atoms with van der Waals surface area (Å²) in [7, 11) is 0. The number of aryl methyl sites for hydroxylation is 1. The monoisotopic (exact) mass is 341 g/mol. The molecule has 1 heterocycles. The van der Waals surface area contributed by atoms with E-state index in [9.17, 15) is 9.59 Å². The molecule has 0 fully saturated rings. The Morgan fingerprint density at radius 1 is 1.04 bits per heavy atom. The van der Waals surface area contributed by atoms with Crippen molar-refractivity contribution in [2.24, 2.45) is 5.73 Å². The van der Waals surface area contributed by atoms with E-state index in [0.29, 0.717) is 41.4 Å². The molecule has 1 aliphatic rings. The van der Waals surface area contributed by atoms with Gasteiger partial charge in [-0.05, 0) is 48.9 Å². The summed E-state index contributed by atoms with van der Waals surface area (Å²) < 4.78 is 10.5. The molecule has 4 N–H and O–H groups in total. The lowest BCUT2D eigenvalue weighted by molar-refractivity contribution is 0.0954. The molecule has 2 aromatic rings. The lowest BCUT2D eigenvalue weighted by Crippen LogP contribution is -2.29. The molecule has 0 saturated carbocycles. The van der Waals surface area contributed by atoms with E-state index in [-0.39, 0.29) is 18.6 Å². The van der Waals surface area contributed by atoms with Crippen LogP contribution < -0.4 is 25.8 Å². The number of amides is 2. The first kappa shape index (κ1) is 16.8. The van der Waals surface area contributed by atoms with Gasteiger partial charge in [0.05, 0.1) is 0 Å². The van der Waals surface area contributed by atoms with E-state index in [1.165, 1.54) is 0 Å². The summed E-state index contributed by atoms with van der Waals surface area (Å²) in [5.41, 5.74) is 7.78. The Morgan fingerprint density at radius 2 is 1.76 bits per heavy atom. The lowest BCUT2D eigenvalue weighted by atomic mass is 10.1. The number of hydrogen-bond donors (Lipinski definition) is 3. The molecule has 2 aromatic carbocycles. The van der Waals surface area contributed by atoms with Crippen molar-refractivity contribution in [2.75, 3.05) is 25.2 Å². The fraction of sp³-hybridized carbons (Fsp3) is 0.222. The van der Waals surface area contributed by atoms with Gasteiger partial charge < -0.3 is 25.8 Å². The van der Waals surface area contributed by atoms with Crippen LogP contribution in [0.2, 0.25) is 0 Å². The second-order valence-corrected chi connectivity index (χ2v) is 5.60. The van der Waals surface area contributed by atoms with Crippen LogP contribution in [0.4, 0.5) is 5.69 Å². The summed E-state index contributed by atoms with van der Waals surface area (Å²) in [4.78, 5) is 24.4. The van der Waals surface area contributed by atoms with Crippen molar-refractivity contribution in [1.29, 1.82) is 0 Å². The van der Waals surface area contributed by atoms with Gasteiger partial charge in [-0.15, -0.1) is 0 Å². The summed E-state index contributed by atoms with van der Waals surface area (Å²) in [5.74, 6) is 0.723. The van der Waals surface area contributed by atoms with Gasteiger partial charge in [0.15, 0.2) is 11.5 Å². The largest absolute Gasteiger partial charge is 0.454 e. The SMILES string of the molecule is Cc1cc(C(=O)NCCN)ccc1NC(=O)c1ccc2c(c1)OCO2. The minimum Gasteiger partial charge on any atom is -0.454 e. The highest BCUT2D eigenvalue weighted by molar-refractivity contribution is 6.05. The fourth-order valence-electron chi connectivity index (χ4n) is 2.47. The lowest BCUT2D eigenvalue weighted by Gasteiger charge is -2.11. The van der Waals surface area contributed by atoms with Crippen molar-refractivity contribution in [3.05, 3.63) is 53.1 Å². The van der Waals surface area contributed by atoms with E-state index < -0.39 is 0 Å². The van der Waals surface area contributed by atoms with Crippen LogP contribution in [-0.4, -0.2) is 31.7 Å². The molecule has 0 aromatic heterocycles. The van der Waals surface area contributed by atoms with E-state index in [2.05, 4.69) is 10.6 Å². The minimum absolute atomic E-state index is 0.160. The average Bonchev–Trinajstić information content (AvgIpc) is 3.08. The molecule has 3 rings (SSSR count). The number of fused-ring (bicyclic) bond motifs is 1. The Hall–Kier alpha value is -3.06. The third kappa shape index (κ3) is 3.72. The molecule has 7 heteroatoms. The van der Waals surface area contributed by atoms with Gasteiger partial charge in [0, 0.05) is 29.9 Å². The number of nitrogens with one attached hydrogen (secondary N) is 2. The zero-order chi connectivity index (χ0) is 17.8. The Bertz CT molecular complexity index is 820. The highest BCUT2D eigenvalue weighted by Crippen LogP contribution is 2.32. The first-order valence-electron chi connectivity index (χ1n) is 7.88. The second kappa shape index (κ2) is 7.23. The van der Waals surface area contributed by atoms with Crippen molar-refractivity contribution in [3.63, 3.8) is 0 Å². The van der Waals surface area contributed by atoms with Gasteiger partial charge >= 0.3 is 0 Å². The standard InChI is InChI=1S/C18H19N3O4/c1-11-8-12(17(22)20-7-6-19)2-4-14(11)21-18(23)13-3-5-15-16(9-13)25-10-24-15/h2-5,8-9H,6-7,10,19H2,1H3,(H,20,22)(H,21,23). The number of rotatable bonds is 5. The van der Waals surface area contributed by atoms with Gasteiger partial charge in [-0.2, -0.15) is 0 Å². The predicted octanol–water partition coefficient (Wildman–Crippen LogP) is 1.66. The van der Waals surface area contributed by atoms with Gasteiger partial charge in [-0.1, -0.05) is 0 Å². The first-order chi connectivity index (χ1) is 12.1. The maximum absolute atomic E-state index is 12.4. The Morgan fingerprint density at radius 3 is 2.52 bits per heavy atom. The normalized spacial score (nSPS) is 11.9. The molecular formula is C18H19N3O4. The minimum atomic E-state index is -0.262. The number of anilines is 1. The molecule has 130 valence electrons. The third-order valence-corrected chi connectivity index (χ3v) is 3.80. The summed E-state index contributed by atoms with van der Waals surface area (Å²) in [5, 5.41) is 5.55. The highest BCUT2D eigenvalue weighted by Gasteiger charge is 2.17. The van der Waals surface area contributed by atoms with Gasteiger partial charge in [0.1, 0.15) is 0 Å². The average molecular weight is 341 g/mol. The number of carbonyl (C=O) groups excluding carboxylic acids is 2. The van der Waals surface area contributed by atoms with Gasteiger partial charge in [-0.3, -0.25) is 9.59 Å². The van der Waals surface area contributed by atoms with E-state index in [0.717, 1.165) is 5.56 Å². The van der Waals surface area contributed by atoms with Crippen LogP contribution >= 0.6 is 0 Å². The van der Waals surface area contributed by atoms with E-state index in [1.807, 2.05) is 6.92 Å². The van der Waals surface area contributed by atoms with Gasteiger partial charge in [-0.25, -0.2) is 0 Å². The van der Waals surface area contributed by atoms with Crippen molar-refractivity contribution in [2.45, 2.75) is 6.92 Å². The second-order valence-electron chi connectivity index (χ2n) is 5.60. The maximum atomic E-state index is 12.4. The molecular weight excluding hydrogens is 322 g/mol. The number of carbonyl (C=O) groups is 2. The van der Waals surface area contributed by atoms with Crippen molar-refractivity contribution in [1.82, 2.24) is 5.32 Å². The molecule has 1 aliphatic heterocycles. The number of nitrogens with two attached hydrogens (primary N) is 1. The van der Waals surface area contributed by atoms with E-state index in [1.54, 1.807) is 36.4 Å². The Labute approximate surface area is 145 Å². The van der Waals surface area contributed by atoms with Crippen molar-refractivity contribution >= 4 is 17.5 Å². The number of ether oxygens (including phenoxy) is 2. The van der Waals surface area contributed by atoms with E-state index >= 15 is 0 Å². The molecule has 7 nitrogen and oxygen atoms in total. The van der Waals surface area contributed by atoms with Crippen molar-refractivity contribution in [3.8, 4) is 11.5 Å². The van der Waals surface area contributed by atoms with Crippen molar-refractivity contribution < 1.29 is 19.1 Å². The maximum Gasteiger partial charge on any atom is 0.255 e. The molecule has 2 amide bonds. The van der Waals surface area contributed by atoms with Crippen LogP contribution in [0.3, 0.4) is 0 Å². The molecule has 0 bridgehead atoms. The van der Waals surface area contributed by atoms with Crippen LogP contribution in [0.5, 0.6) is 11.5 Å². The van der Waals surface area contributed by atoms with E-state index in [4.69, 9.17) is 15.2 Å². The Balaban J connectivity index is 1.72. The molecule has 0 radical (unpaired) electrons. The molecule has 0 unspecified atom stereocenters. The topological polar surface area (TPSA) is 103 Å². The first-order valence-corrected chi connectivity index (χ1v) is 7.88. The van der Waals surface area contributed by atoms with Crippen LogP contribution in [0.25, 0.3) is 0 Å². The fourth-order valence-corrected chi connectivity index (χ4v) is 2.47. The molecule has 0 saturated heterocycles. The summed E-state index contributed by atoms with van der Waals surface area (Å²) in [6.45, 7) is 2.79. The molecule has 0 atom stereocenters. The van der Waals surface area contributed by atoms with Crippen LogP contribution in [0.15, 0.2) is 36.4 Å². The molecule has 0 spiro atoms. The van der Waals surface area contributed by atoms with Gasteiger partial charge in [0.25, 0.3) is 11.8 Å². The number of hydrogen-bond acceptors (Lipinski definition) is 5. The molecule has 25 heavy (non-hydrogen) atoms. The predicted molar refractivity (Wildman–Crippen MR) is 93.1 cm³/mol. The summed E-state index contributed by atoms with van der Waals surface area (Å²) in [6, 6.07) is 10.1. The highest BCUT2D eigenvalue weighted by atomic mass is 16.7. The third-order valence-electron chi connectivity index (χ3n) is 3.80. The summed E-state index contributed by atoms with van der Waals surface area (Å²) in [6.07, 6.45) is 0. The number of benzene rings is 2. The van der Waals surface area contributed by atoms with Crippen LogP contribution in [0.1, 0.15) is 26.3 Å². The Kier molecular flexibility index (Phi) is 4.85.